The van der Waals surface area contributed by atoms with Crippen LogP contribution in [-0.4, -0.2) is 50.5 Å². The van der Waals surface area contributed by atoms with E-state index in [-0.39, 0.29) is 30.1 Å². The molecule has 0 saturated carbocycles. The fraction of sp³-hybridized carbons (Fsp3) is 0.909. The van der Waals surface area contributed by atoms with Crippen LogP contribution in [-0.2, 0) is 19.6 Å². The fourth-order valence-corrected chi connectivity index (χ4v) is 3.98. The first-order valence-corrected chi connectivity index (χ1v) is 8.18. The molecule has 0 radical (unpaired) electrons. The van der Waals surface area contributed by atoms with Crippen molar-refractivity contribution >= 4 is 27.6 Å². The van der Waals surface area contributed by atoms with Crippen molar-refractivity contribution in [3.8, 4) is 0 Å². The van der Waals surface area contributed by atoms with E-state index in [1.165, 1.54) is 11.4 Å². The average molecular weight is 298 g/mol. The summed E-state index contributed by atoms with van der Waals surface area (Å²) >= 11 is 5.53. The third-order valence-electron chi connectivity index (χ3n) is 3.26. The number of esters is 1. The number of carbonyl (C=O) groups excluding carboxylic acids is 1. The lowest BCUT2D eigenvalue weighted by molar-refractivity contribution is -0.145. The molecule has 1 rings (SSSR count). The summed E-state index contributed by atoms with van der Waals surface area (Å²) in [6, 6.07) is 0. The van der Waals surface area contributed by atoms with Gasteiger partial charge in [-0.2, -0.15) is 0 Å². The minimum atomic E-state index is -3.27. The molecule has 1 aliphatic rings. The zero-order chi connectivity index (χ0) is 13.8. The summed E-state index contributed by atoms with van der Waals surface area (Å²) in [7, 11) is -1.95. The minimum Gasteiger partial charge on any atom is -0.469 e. The maximum atomic E-state index is 12.0. The molecule has 1 saturated heterocycles. The number of sulfonamides is 1. The van der Waals surface area contributed by atoms with Gasteiger partial charge in [-0.15, -0.1) is 11.6 Å². The van der Waals surface area contributed by atoms with Gasteiger partial charge >= 0.3 is 5.97 Å². The lowest BCUT2D eigenvalue weighted by atomic mass is 9.99. The van der Waals surface area contributed by atoms with E-state index in [2.05, 4.69) is 4.74 Å². The van der Waals surface area contributed by atoms with Crippen molar-refractivity contribution in [2.45, 2.75) is 19.8 Å². The van der Waals surface area contributed by atoms with E-state index in [0.29, 0.717) is 25.3 Å². The first-order chi connectivity index (χ1) is 8.42. The summed E-state index contributed by atoms with van der Waals surface area (Å²) in [5, 5.41) is 0. The molecule has 0 bridgehead atoms. The largest absolute Gasteiger partial charge is 0.469 e. The van der Waals surface area contributed by atoms with Gasteiger partial charge in [0.2, 0.25) is 10.0 Å². The first-order valence-electron chi connectivity index (χ1n) is 6.04. The van der Waals surface area contributed by atoms with E-state index in [1.807, 2.05) is 6.92 Å². The molecule has 0 aliphatic carbocycles. The highest BCUT2D eigenvalue weighted by Crippen LogP contribution is 2.26. The van der Waals surface area contributed by atoms with Crippen LogP contribution in [0.25, 0.3) is 0 Å². The summed E-state index contributed by atoms with van der Waals surface area (Å²) in [4.78, 5) is 11.5. The number of hydrogen-bond acceptors (Lipinski definition) is 4. The second-order valence-electron chi connectivity index (χ2n) is 4.64. The van der Waals surface area contributed by atoms with Crippen LogP contribution in [0.2, 0.25) is 0 Å². The second kappa shape index (κ2) is 6.73. The Morgan fingerprint density at radius 2 is 2.06 bits per heavy atom. The van der Waals surface area contributed by atoms with Crippen molar-refractivity contribution in [3.05, 3.63) is 0 Å². The molecule has 2 unspecified atom stereocenters. The molecule has 5 nitrogen and oxygen atoms in total. The molecule has 0 aromatic rings. The van der Waals surface area contributed by atoms with E-state index in [9.17, 15) is 13.2 Å². The Morgan fingerprint density at radius 1 is 1.39 bits per heavy atom. The maximum Gasteiger partial charge on any atom is 0.310 e. The second-order valence-corrected chi connectivity index (χ2v) is 7.10. The third kappa shape index (κ3) is 3.83. The number of unbranched alkanes of at least 4 members (excludes halogenated alkanes) is 1. The fourth-order valence-electron chi connectivity index (χ4n) is 2.12. The number of rotatable bonds is 6. The van der Waals surface area contributed by atoms with E-state index in [1.54, 1.807) is 0 Å². The van der Waals surface area contributed by atoms with Crippen LogP contribution in [0, 0.1) is 11.8 Å². The Morgan fingerprint density at radius 3 is 2.61 bits per heavy atom. The van der Waals surface area contributed by atoms with Gasteiger partial charge in [0, 0.05) is 19.0 Å². The number of hydrogen-bond donors (Lipinski definition) is 0. The Balaban J connectivity index is 2.61. The predicted molar refractivity (Wildman–Crippen MR) is 70.0 cm³/mol. The lowest BCUT2D eigenvalue weighted by Crippen LogP contribution is -2.32. The van der Waals surface area contributed by atoms with Crippen LogP contribution >= 0.6 is 11.6 Å². The summed E-state index contributed by atoms with van der Waals surface area (Å²) in [6.45, 7) is 2.50. The molecule has 0 amide bonds. The smallest absolute Gasteiger partial charge is 0.310 e. The van der Waals surface area contributed by atoms with Gasteiger partial charge in [0.15, 0.2) is 0 Å². The quantitative estimate of drug-likeness (QED) is 0.418. The molecule has 106 valence electrons. The molecule has 0 N–H and O–H groups in total. The molecule has 1 fully saturated rings. The van der Waals surface area contributed by atoms with Crippen molar-refractivity contribution in [2.75, 3.05) is 31.8 Å². The zero-order valence-electron chi connectivity index (χ0n) is 10.8. The van der Waals surface area contributed by atoms with Crippen molar-refractivity contribution in [2.24, 2.45) is 11.8 Å². The molecule has 2 atom stereocenters. The number of nitrogens with zero attached hydrogens (tertiary/aromatic N) is 1. The van der Waals surface area contributed by atoms with E-state index < -0.39 is 10.0 Å². The summed E-state index contributed by atoms with van der Waals surface area (Å²) in [6.07, 6.45) is 1.24. The van der Waals surface area contributed by atoms with Gasteiger partial charge in [-0.3, -0.25) is 4.79 Å². The van der Waals surface area contributed by atoms with E-state index in [0.717, 1.165) is 0 Å². The van der Waals surface area contributed by atoms with Crippen molar-refractivity contribution < 1.29 is 17.9 Å². The average Bonchev–Trinajstić information content (AvgIpc) is 2.71. The van der Waals surface area contributed by atoms with Crippen molar-refractivity contribution in [1.29, 1.82) is 0 Å². The van der Waals surface area contributed by atoms with Crippen LogP contribution in [0.3, 0.4) is 0 Å². The lowest BCUT2D eigenvalue weighted by Gasteiger charge is -2.15. The highest BCUT2D eigenvalue weighted by atomic mass is 35.5. The first kappa shape index (κ1) is 15.7. The van der Waals surface area contributed by atoms with Crippen LogP contribution in [0.1, 0.15) is 19.8 Å². The summed E-state index contributed by atoms with van der Waals surface area (Å²) in [5.41, 5.74) is 0. The Hall–Kier alpha value is -0.330. The topological polar surface area (TPSA) is 63.7 Å². The molecule has 1 aliphatic heterocycles. The van der Waals surface area contributed by atoms with Gasteiger partial charge in [-0.25, -0.2) is 12.7 Å². The minimum absolute atomic E-state index is 0.000233. The molecule has 0 spiro atoms. The molecule has 1 heterocycles. The van der Waals surface area contributed by atoms with Crippen LogP contribution in [0.15, 0.2) is 0 Å². The Bertz CT molecular complexity index is 385. The van der Waals surface area contributed by atoms with Gasteiger partial charge in [0.05, 0.1) is 18.8 Å². The Kier molecular flexibility index (Phi) is 5.88. The van der Waals surface area contributed by atoms with Crippen molar-refractivity contribution in [1.82, 2.24) is 4.31 Å². The molecular formula is C11H20ClNO4S. The van der Waals surface area contributed by atoms with E-state index in [4.69, 9.17) is 11.6 Å². The molecule has 7 heteroatoms. The number of methoxy groups -OCH3 is 1. The maximum absolute atomic E-state index is 12.0. The van der Waals surface area contributed by atoms with Crippen LogP contribution in [0.4, 0.5) is 0 Å². The van der Waals surface area contributed by atoms with Gasteiger partial charge in [-0.1, -0.05) is 6.92 Å². The predicted octanol–water partition coefficient (Wildman–Crippen LogP) is 1.08. The zero-order valence-corrected chi connectivity index (χ0v) is 12.3. The van der Waals surface area contributed by atoms with Gasteiger partial charge in [-0.05, 0) is 18.8 Å². The normalized spacial score (nSPS) is 25.3. The third-order valence-corrected chi connectivity index (χ3v) is 5.42. The number of carbonyl (C=O) groups is 1. The Labute approximate surface area is 113 Å². The molecule has 0 aromatic carbocycles. The number of ether oxygens (including phenoxy) is 1. The van der Waals surface area contributed by atoms with Crippen LogP contribution in [0.5, 0.6) is 0 Å². The molecule has 18 heavy (non-hydrogen) atoms. The van der Waals surface area contributed by atoms with E-state index >= 15 is 0 Å². The summed E-state index contributed by atoms with van der Waals surface area (Å²) < 4.78 is 30.2. The highest BCUT2D eigenvalue weighted by molar-refractivity contribution is 7.89. The summed E-state index contributed by atoms with van der Waals surface area (Å²) in [5.74, 6) is -0.115. The SMILES string of the molecule is COC(=O)C1CN(S(=O)(=O)CCCCCl)CC1C. The van der Waals surface area contributed by atoms with Gasteiger partial charge in [0.1, 0.15) is 0 Å². The van der Waals surface area contributed by atoms with Gasteiger partial charge in [0.25, 0.3) is 0 Å². The monoisotopic (exact) mass is 297 g/mol. The standard InChI is InChI=1S/C11H20ClNO4S/c1-9-7-13(8-10(9)11(14)17-2)18(15,16)6-4-3-5-12/h9-10H,3-8H2,1-2H3. The number of alkyl halides is 1. The molecule has 0 aromatic heterocycles. The van der Waals surface area contributed by atoms with Crippen LogP contribution < -0.4 is 0 Å². The highest BCUT2D eigenvalue weighted by Gasteiger charge is 2.40. The number of halogens is 1. The molecular weight excluding hydrogens is 278 g/mol. The van der Waals surface area contributed by atoms with Gasteiger partial charge < -0.3 is 4.74 Å². The van der Waals surface area contributed by atoms with Crippen molar-refractivity contribution in [3.63, 3.8) is 0 Å².